The highest BCUT2D eigenvalue weighted by molar-refractivity contribution is 5.99. The van der Waals surface area contributed by atoms with Gasteiger partial charge in [-0.3, -0.25) is 0 Å². The number of carbonyl (C=O) groups is 2. The van der Waals surface area contributed by atoms with Crippen LogP contribution in [0.5, 0.6) is 0 Å². The molecule has 2 rings (SSSR count). The van der Waals surface area contributed by atoms with Crippen LogP contribution in [0.1, 0.15) is 66.0 Å². The predicted molar refractivity (Wildman–Crippen MR) is 69.6 cm³/mol. The number of oxazole rings is 1. The van der Waals surface area contributed by atoms with Crippen LogP contribution in [0.15, 0.2) is 4.42 Å². The van der Waals surface area contributed by atoms with Crippen LogP contribution >= 0.6 is 0 Å². The summed E-state index contributed by atoms with van der Waals surface area (Å²) in [5, 5.41) is 0. The molecule has 1 aliphatic rings. The Morgan fingerprint density at radius 1 is 1.25 bits per heavy atom. The minimum absolute atomic E-state index is 0.0334. The predicted octanol–water partition coefficient (Wildman–Crippen LogP) is 2.54. The quantitative estimate of drug-likeness (QED) is 0.792. The van der Waals surface area contributed by atoms with Gasteiger partial charge in [-0.2, -0.15) is 0 Å². The van der Waals surface area contributed by atoms with Crippen molar-refractivity contribution in [3.63, 3.8) is 0 Å². The SMILES string of the molecule is COC(=O)c1nc(C2CCCC2(C)C)oc1C(=O)OC. The monoisotopic (exact) mass is 281 g/mol. The molecule has 0 amide bonds. The van der Waals surface area contributed by atoms with Crippen molar-refractivity contribution in [1.29, 1.82) is 0 Å². The maximum atomic E-state index is 11.7. The molecule has 1 aromatic heterocycles. The first-order valence-electron chi connectivity index (χ1n) is 6.58. The Morgan fingerprint density at radius 2 is 1.90 bits per heavy atom. The van der Waals surface area contributed by atoms with Gasteiger partial charge in [-0.1, -0.05) is 20.3 Å². The van der Waals surface area contributed by atoms with Crippen molar-refractivity contribution in [2.75, 3.05) is 14.2 Å². The fourth-order valence-electron chi connectivity index (χ4n) is 2.74. The molecule has 0 aliphatic heterocycles. The minimum atomic E-state index is -0.722. The Morgan fingerprint density at radius 3 is 2.40 bits per heavy atom. The van der Waals surface area contributed by atoms with Crippen molar-refractivity contribution >= 4 is 11.9 Å². The van der Waals surface area contributed by atoms with Crippen molar-refractivity contribution in [2.24, 2.45) is 5.41 Å². The van der Waals surface area contributed by atoms with Gasteiger partial charge in [0.15, 0.2) is 5.89 Å². The van der Waals surface area contributed by atoms with Gasteiger partial charge >= 0.3 is 11.9 Å². The number of ether oxygens (including phenoxy) is 2. The highest BCUT2D eigenvalue weighted by Gasteiger charge is 2.40. The van der Waals surface area contributed by atoms with Crippen molar-refractivity contribution in [2.45, 2.75) is 39.0 Å². The molecule has 1 fully saturated rings. The maximum Gasteiger partial charge on any atom is 0.376 e. The standard InChI is InChI=1S/C14H19NO5/c1-14(2)7-5-6-8(14)11-15-9(12(16)18-3)10(20-11)13(17)19-4/h8H,5-7H2,1-4H3. The van der Waals surface area contributed by atoms with E-state index in [9.17, 15) is 9.59 Å². The molecule has 0 N–H and O–H groups in total. The normalized spacial score (nSPS) is 20.7. The van der Waals surface area contributed by atoms with Crippen LogP contribution in [-0.4, -0.2) is 31.1 Å². The van der Waals surface area contributed by atoms with Crippen LogP contribution in [0.3, 0.4) is 0 Å². The summed E-state index contributed by atoms with van der Waals surface area (Å²) in [5.41, 5.74) is -0.0805. The molecule has 1 aliphatic carbocycles. The number of esters is 2. The van der Waals surface area contributed by atoms with E-state index in [1.54, 1.807) is 0 Å². The summed E-state index contributed by atoms with van der Waals surface area (Å²) in [6.07, 6.45) is 3.05. The second-order valence-electron chi connectivity index (χ2n) is 5.65. The van der Waals surface area contributed by atoms with Gasteiger partial charge in [0.05, 0.1) is 14.2 Å². The van der Waals surface area contributed by atoms with E-state index in [1.807, 2.05) is 0 Å². The average molecular weight is 281 g/mol. The first-order chi connectivity index (χ1) is 9.40. The Bertz CT molecular complexity index is 498. The van der Waals surface area contributed by atoms with E-state index in [1.165, 1.54) is 14.2 Å². The second kappa shape index (κ2) is 5.26. The Kier molecular flexibility index (Phi) is 3.83. The number of rotatable bonds is 3. The zero-order chi connectivity index (χ0) is 14.9. The average Bonchev–Trinajstić information content (AvgIpc) is 2.99. The Hall–Kier alpha value is -1.85. The minimum Gasteiger partial charge on any atom is -0.464 e. The lowest BCUT2D eigenvalue weighted by molar-refractivity contribution is 0.0524. The Labute approximate surface area is 117 Å². The molecule has 1 aromatic rings. The van der Waals surface area contributed by atoms with E-state index < -0.39 is 11.9 Å². The Balaban J connectivity index is 2.44. The summed E-state index contributed by atoms with van der Waals surface area (Å²) in [7, 11) is 2.46. The van der Waals surface area contributed by atoms with Crippen LogP contribution in [0.4, 0.5) is 0 Å². The second-order valence-corrected chi connectivity index (χ2v) is 5.65. The molecule has 0 spiro atoms. The molecule has 0 saturated heterocycles. The van der Waals surface area contributed by atoms with E-state index in [0.717, 1.165) is 19.3 Å². The third kappa shape index (κ3) is 2.42. The van der Waals surface area contributed by atoms with Gasteiger partial charge < -0.3 is 13.9 Å². The number of carbonyl (C=O) groups excluding carboxylic acids is 2. The molecule has 1 saturated carbocycles. The molecule has 0 bridgehead atoms. The molecular weight excluding hydrogens is 262 g/mol. The molecular formula is C14H19NO5. The van der Waals surface area contributed by atoms with Crippen molar-refractivity contribution < 1.29 is 23.5 Å². The van der Waals surface area contributed by atoms with Crippen LogP contribution in [0.2, 0.25) is 0 Å². The number of hydrogen-bond donors (Lipinski definition) is 0. The van der Waals surface area contributed by atoms with Crippen LogP contribution in [-0.2, 0) is 9.47 Å². The molecule has 20 heavy (non-hydrogen) atoms. The lowest BCUT2D eigenvalue weighted by atomic mass is 9.82. The number of aromatic nitrogens is 1. The lowest BCUT2D eigenvalue weighted by Crippen LogP contribution is -2.16. The van der Waals surface area contributed by atoms with E-state index >= 15 is 0 Å². The van der Waals surface area contributed by atoms with Gasteiger partial charge in [0.2, 0.25) is 11.5 Å². The molecule has 6 heteroatoms. The molecule has 110 valence electrons. The number of nitrogens with zero attached hydrogens (tertiary/aromatic N) is 1. The maximum absolute atomic E-state index is 11.7. The van der Waals surface area contributed by atoms with Crippen molar-refractivity contribution in [3.05, 3.63) is 17.3 Å². The summed E-state index contributed by atoms with van der Waals surface area (Å²) in [5.74, 6) is -1.11. The van der Waals surface area contributed by atoms with Crippen molar-refractivity contribution in [3.8, 4) is 0 Å². The van der Waals surface area contributed by atoms with Crippen molar-refractivity contribution in [1.82, 2.24) is 4.98 Å². The van der Waals surface area contributed by atoms with E-state index in [0.29, 0.717) is 5.89 Å². The summed E-state index contributed by atoms with van der Waals surface area (Å²) < 4.78 is 14.8. The van der Waals surface area contributed by atoms with E-state index in [-0.39, 0.29) is 22.8 Å². The zero-order valence-electron chi connectivity index (χ0n) is 12.2. The lowest BCUT2D eigenvalue weighted by Gasteiger charge is -2.23. The van der Waals surface area contributed by atoms with Crippen LogP contribution in [0.25, 0.3) is 0 Å². The molecule has 0 aromatic carbocycles. The van der Waals surface area contributed by atoms with Gasteiger partial charge in [-0.25, -0.2) is 14.6 Å². The largest absolute Gasteiger partial charge is 0.464 e. The van der Waals surface area contributed by atoms with Gasteiger partial charge in [0.1, 0.15) is 0 Å². The third-order valence-corrected chi connectivity index (χ3v) is 3.95. The summed E-state index contributed by atoms with van der Waals surface area (Å²) in [4.78, 5) is 27.6. The summed E-state index contributed by atoms with van der Waals surface area (Å²) >= 11 is 0. The molecule has 0 radical (unpaired) electrons. The molecule has 6 nitrogen and oxygen atoms in total. The summed E-state index contributed by atoms with van der Waals surface area (Å²) in [6, 6.07) is 0. The number of methoxy groups -OCH3 is 2. The molecule has 1 atom stereocenters. The van der Waals surface area contributed by atoms with E-state index in [2.05, 4.69) is 28.3 Å². The summed E-state index contributed by atoms with van der Waals surface area (Å²) in [6.45, 7) is 4.26. The highest BCUT2D eigenvalue weighted by Crippen LogP contribution is 2.48. The topological polar surface area (TPSA) is 78.6 Å². The smallest absolute Gasteiger partial charge is 0.376 e. The van der Waals surface area contributed by atoms with Crippen LogP contribution in [0, 0.1) is 5.41 Å². The van der Waals surface area contributed by atoms with Crippen LogP contribution < -0.4 is 0 Å². The van der Waals surface area contributed by atoms with Gasteiger partial charge in [-0.05, 0) is 18.3 Å². The van der Waals surface area contributed by atoms with Gasteiger partial charge in [0, 0.05) is 5.92 Å². The fourth-order valence-corrected chi connectivity index (χ4v) is 2.74. The highest BCUT2D eigenvalue weighted by atomic mass is 16.5. The molecule has 1 heterocycles. The van der Waals surface area contributed by atoms with Gasteiger partial charge in [0.25, 0.3) is 0 Å². The first-order valence-corrected chi connectivity index (χ1v) is 6.58. The van der Waals surface area contributed by atoms with E-state index in [4.69, 9.17) is 4.42 Å². The van der Waals surface area contributed by atoms with Gasteiger partial charge in [-0.15, -0.1) is 0 Å². The third-order valence-electron chi connectivity index (χ3n) is 3.95. The fraction of sp³-hybridized carbons (Fsp3) is 0.643. The number of hydrogen-bond acceptors (Lipinski definition) is 6. The zero-order valence-corrected chi connectivity index (χ0v) is 12.2. The first kappa shape index (κ1) is 14.6. The molecule has 1 unspecified atom stereocenters.